The van der Waals surface area contributed by atoms with Gasteiger partial charge in [-0.15, -0.1) is 11.3 Å². The molecular weight excluding hydrogens is 518 g/mol. The fraction of sp³-hybridized carbons (Fsp3) is 0.231. The van der Waals surface area contributed by atoms with Gasteiger partial charge in [0.15, 0.2) is 5.13 Å². The Labute approximate surface area is 222 Å². The van der Waals surface area contributed by atoms with Gasteiger partial charge in [0.05, 0.1) is 30.6 Å². The summed E-state index contributed by atoms with van der Waals surface area (Å²) in [5.74, 6) is -2.11. The Kier molecular flexibility index (Phi) is 9.26. The van der Waals surface area contributed by atoms with Crippen molar-refractivity contribution in [3.63, 3.8) is 0 Å². The Morgan fingerprint density at radius 1 is 1.08 bits per heavy atom. The number of hydrogen-bond donors (Lipinski definition) is 2. The smallest absolute Gasteiger partial charge is 0.414 e. The molecule has 4 rings (SSSR count). The van der Waals surface area contributed by atoms with E-state index >= 15 is 0 Å². The predicted octanol–water partition coefficient (Wildman–Crippen LogP) is 6.04. The number of methoxy groups -OCH3 is 2. The number of hydrogen-bond acceptors (Lipinski definition) is 8. The minimum Gasteiger partial charge on any atom is -0.497 e. The number of aryl methyl sites for hydroxylation is 1. The van der Waals surface area contributed by atoms with Crippen LogP contribution in [0.2, 0.25) is 5.02 Å². The number of thiazole rings is 1. The van der Waals surface area contributed by atoms with Crippen LogP contribution in [0.5, 0.6) is 11.5 Å². The highest BCUT2D eigenvalue weighted by Gasteiger charge is 2.22. The van der Waals surface area contributed by atoms with Crippen molar-refractivity contribution < 1.29 is 29.3 Å². The number of rotatable bonds is 7. The molecule has 0 aliphatic rings. The lowest BCUT2D eigenvalue weighted by Crippen LogP contribution is -2.19. The number of carbonyl (C=O) groups is 2. The Morgan fingerprint density at radius 3 is 2.41 bits per heavy atom. The largest absolute Gasteiger partial charge is 0.497 e. The van der Waals surface area contributed by atoms with Gasteiger partial charge in [-0.1, -0.05) is 18.5 Å². The van der Waals surface area contributed by atoms with Crippen LogP contribution in [0.15, 0.2) is 48.8 Å². The molecule has 0 aliphatic carbocycles. The summed E-state index contributed by atoms with van der Waals surface area (Å²) in [6.07, 6.45) is 4.64. The molecule has 0 aliphatic heterocycles. The lowest BCUT2D eigenvalue weighted by Gasteiger charge is -2.25. The Balaban J connectivity index is 0.000000568. The predicted molar refractivity (Wildman–Crippen MR) is 145 cm³/mol. The van der Waals surface area contributed by atoms with Crippen molar-refractivity contribution in [3.8, 4) is 22.8 Å². The minimum atomic E-state index is -1.82. The maximum Gasteiger partial charge on any atom is 0.414 e. The number of halogens is 1. The monoisotopic (exact) mass is 543 g/mol. The van der Waals surface area contributed by atoms with Crippen LogP contribution >= 0.6 is 22.9 Å². The maximum atomic E-state index is 9.10. The number of nitrogens with zero attached hydrogens (tertiary/aromatic N) is 3. The lowest BCUT2D eigenvalue weighted by atomic mass is 10.1. The third-order valence-electron chi connectivity index (χ3n) is 5.32. The zero-order chi connectivity index (χ0) is 27.1. The first-order valence-corrected chi connectivity index (χ1v) is 12.4. The number of benzene rings is 2. The number of anilines is 2. The molecule has 0 saturated heterocycles. The van der Waals surface area contributed by atoms with Crippen molar-refractivity contribution in [2.45, 2.75) is 20.3 Å². The summed E-state index contributed by atoms with van der Waals surface area (Å²) in [4.78, 5) is 30.8. The number of carboxylic acids is 2. The molecule has 9 nitrogen and oxygen atoms in total. The van der Waals surface area contributed by atoms with Crippen LogP contribution < -0.4 is 14.4 Å². The van der Waals surface area contributed by atoms with Gasteiger partial charge in [-0.25, -0.2) is 14.6 Å². The van der Waals surface area contributed by atoms with Crippen molar-refractivity contribution in [2.75, 3.05) is 25.7 Å². The second-order valence-electron chi connectivity index (χ2n) is 7.72. The van der Waals surface area contributed by atoms with E-state index in [1.807, 2.05) is 48.8 Å². The van der Waals surface area contributed by atoms with E-state index in [2.05, 4.69) is 23.7 Å². The van der Waals surface area contributed by atoms with Gasteiger partial charge < -0.3 is 24.6 Å². The highest BCUT2D eigenvalue weighted by atomic mass is 35.5. The third-order valence-corrected chi connectivity index (χ3v) is 6.63. The second kappa shape index (κ2) is 12.4. The first-order valence-electron chi connectivity index (χ1n) is 11.2. The Hall–Kier alpha value is -3.89. The van der Waals surface area contributed by atoms with E-state index in [1.165, 1.54) is 0 Å². The molecule has 2 aromatic heterocycles. The van der Waals surface area contributed by atoms with Gasteiger partial charge in [-0.2, -0.15) is 0 Å². The summed E-state index contributed by atoms with van der Waals surface area (Å²) in [6, 6.07) is 11.7. The molecule has 2 aromatic carbocycles. The van der Waals surface area contributed by atoms with Crippen LogP contribution in [0.25, 0.3) is 22.0 Å². The molecule has 11 heteroatoms. The molecule has 0 bridgehead atoms. The molecule has 194 valence electrons. The van der Waals surface area contributed by atoms with Crippen LogP contribution in [0.1, 0.15) is 18.2 Å². The van der Waals surface area contributed by atoms with Crippen molar-refractivity contribution in [2.24, 2.45) is 0 Å². The Bertz CT molecular complexity index is 1410. The first-order chi connectivity index (χ1) is 17.7. The number of ether oxygens (including phenoxy) is 2. The van der Waals surface area contributed by atoms with Crippen molar-refractivity contribution in [3.05, 3.63) is 58.7 Å². The number of fused-ring (bicyclic) bond motifs is 1. The van der Waals surface area contributed by atoms with E-state index < -0.39 is 11.9 Å². The number of aromatic nitrogens is 2. The molecule has 0 saturated carbocycles. The van der Waals surface area contributed by atoms with Crippen molar-refractivity contribution in [1.29, 1.82) is 0 Å². The van der Waals surface area contributed by atoms with Crippen LogP contribution in [-0.2, 0) is 9.59 Å². The van der Waals surface area contributed by atoms with E-state index in [9.17, 15) is 0 Å². The summed E-state index contributed by atoms with van der Waals surface area (Å²) in [6.45, 7) is 5.04. The molecule has 4 aromatic rings. The van der Waals surface area contributed by atoms with Crippen LogP contribution in [0.3, 0.4) is 0 Å². The number of carboxylic acid groups (broad SMARTS) is 2. The van der Waals surface area contributed by atoms with Gasteiger partial charge >= 0.3 is 11.9 Å². The molecule has 0 fully saturated rings. The van der Waals surface area contributed by atoms with Gasteiger partial charge in [0.2, 0.25) is 0 Å². The van der Waals surface area contributed by atoms with Gasteiger partial charge in [-0.3, -0.25) is 4.98 Å². The lowest BCUT2D eigenvalue weighted by molar-refractivity contribution is -0.159. The average molecular weight is 544 g/mol. The van der Waals surface area contributed by atoms with Crippen molar-refractivity contribution >= 4 is 56.5 Å². The molecule has 37 heavy (non-hydrogen) atoms. The fourth-order valence-electron chi connectivity index (χ4n) is 3.66. The molecule has 0 atom stereocenters. The molecule has 2 heterocycles. The van der Waals surface area contributed by atoms with Crippen LogP contribution in [0.4, 0.5) is 10.8 Å². The maximum absolute atomic E-state index is 9.10. The minimum absolute atomic E-state index is 0.621. The summed E-state index contributed by atoms with van der Waals surface area (Å²) >= 11 is 8.20. The topological polar surface area (TPSA) is 122 Å². The summed E-state index contributed by atoms with van der Waals surface area (Å²) in [5.41, 5.74) is 2.79. The molecule has 0 amide bonds. The van der Waals surface area contributed by atoms with E-state index in [-0.39, 0.29) is 0 Å². The first kappa shape index (κ1) is 27.7. The van der Waals surface area contributed by atoms with Crippen LogP contribution in [-0.4, -0.2) is 52.9 Å². The molecular formula is C26H26ClN3O6S. The normalized spacial score (nSPS) is 10.4. The van der Waals surface area contributed by atoms with Gasteiger partial charge in [-0.05, 0) is 49.7 Å². The zero-order valence-corrected chi connectivity index (χ0v) is 22.3. The summed E-state index contributed by atoms with van der Waals surface area (Å²) < 4.78 is 11.0. The molecule has 0 radical (unpaired) electrons. The highest BCUT2D eigenvalue weighted by Crippen LogP contribution is 2.44. The van der Waals surface area contributed by atoms with Gasteiger partial charge in [0.25, 0.3) is 0 Å². The fourth-order valence-corrected chi connectivity index (χ4v) is 4.88. The van der Waals surface area contributed by atoms with Crippen LogP contribution in [0, 0.1) is 6.92 Å². The molecule has 2 N–H and O–H groups in total. The highest BCUT2D eigenvalue weighted by molar-refractivity contribution is 7.16. The quantitative estimate of drug-likeness (QED) is 0.268. The SMILES string of the molecule is CCCN(c1nc(-c2ccc(OC)cc2Cl)c(C)s1)c1c(OC)ccc2cnccc12.O=C(O)C(=O)O. The second-order valence-corrected chi connectivity index (χ2v) is 9.31. The van der Waals surface area contributed by atoms with E-state index in [0.29, 0.717) is 5.02 Å². The Morgan fingerprint density at radius 2 is 1.81 bits per heavy atom. The van der Waals surface area contributed by atoms with Gasteiger partial charge in [0, 0.05) is 40.2 Å². The van der Waals surface area contributed by atoms with Crippen molar-refractivity contribution in [1.82, 2.24) is 9.97 Å². The van der Waals surface area contributed by atoms with Gasteiger partial charge in [0.1, 0.15) is 11.5 Å². The van der Waals surface area contributed by atoms with E-state index in [4.69, 9.17) is 45.9 Å². The third kappa shape index (κ3) is 6.28. The van der Waals surface area contributed by atoms with E-state index in [0.717, 1.165) is 62.2 Å². The molecule has 0 unspecified atom stereocenters. The van der Waals surface area contributed by atoms with E-state index in [1.54, 1.807) is 25.6 Å². The number of aliphatic carboxylic acids is 2. The standard InChI is InChI=1S/C24H24ClN3O2S.C2H2O4/c1-5-12-28(23-18-10-11-26-14-16(18)6-9-21(23)30-4)24-27-22(15(2)31-24)19-8-7-17(29-3)13-20(19)25;3-1(4)2(5)6/h6-11,13-14H,5,12H2,1-4H3;(H,3,4)(H,5,6). The summed E-state index contributed by atoms with van der Waals surface area (Å²) in [7, 11) is 3.33. The average Bonchev–Trinajstić information content (AvgIpc) is 3.27. The summed E-state index contributed by atoms with van der Waals surface area (Å²) in [5, 5.41) is 18.5. The number of pyridine rings is 1. The molecule has 0 spiro atoms. The zero-order valence-electron chi connectivity index (χ0n) is 20.7.